The molecule has 0 aliphatic heterocycles. The largest absolute Gasteiger partial charge is 0.444 e. The van der Waals surface area contributed by atoms with Crippen molar-refractivity contribution in [3.05, 3.63) is 22.3 Å². The van der Waals surface area contributed by atoms with Crippen molar-refractivity contribution in [2.75, 3.05) is 18.4 Å². The van der Waals surface area contributed by atoms with Gasteiger partial charge in [0, 0.05) is 17.6 Å². The maximum absolute atomic E-state index is 12.2. The van der Waals surface area contributed by atoms with Crippen LogP contribution in [0.25, 0.3) is 0 Å². The molecule has 0 aliphatic carbocycles. The summed E-state index contributed by atoms with van der Waals surface area (Å²) in [4.78, 5) is 30.1. The van der Waals surface area contributed by atoms with E-state index < -0.39 is 11.7 Å². The minimum Gasteiger partial charge on any atom is -0.444 e. The van der Waals surface area contributed by atoms with E-state index >= 15 is 0 Å². The van der Waals surface area contributed by atoms with Crippen molar-refractivity contribution in [2.24, 2.45) is 0 Å². The Morgan fingerprint density at radius 3 is 2.39 bits per heavy atom. The second-order valence-electron chi connectivity index (χ2n) is 5.99. The fourth-order valence-electron chi connectivity index (χ4n) is 1.92. The maximum Gasteiger partial charge on any atom is 0.413 e. The quantitative estimate of drug-likeness (QED) is 0.840. The van der Waals surface area contributed by atoms with Crippen molar-refractivity contribution in [1.29, 1.82) is 0 Å². The van der Waals surface area contributed by atoms with Crippen molar-refractivity contribution in [3.8, 4) is 0 Å². The molecule has 0 unspecified atom stereocenters. The Hall–Kier alpha value is -1.63. The van der Waals surface area contributed by atoms with Crippen LogP contribution in [0, 0.1) is 0 Å². The number of rotatable bonds is 5. The van der Waals surface area contributed by atoms with Gasteiger partial charge < -0.3 is 9.64 Å². The van der Waals surface area contributed by atoms with Gasteiger partial charge in [0.2, 0.25) is 5.91 Å². The summed E-state index contributed by atoms with van der Waals surface area (Å²) >= 11 is 3.39. The summed E-state index contributed by atoms with van der Waals surface area (Å²) in [7, 11) is 0. The van der Waals surface area contributed by atoms with Gasteiger partial charge in [0.25, 0.3) is 0 Å². The van der Waals surface area contributed by atoms with E-state index in [9.17, 15) is 9.59 Å². The Morgan fingerprint density at radius 1 is 1.26 bits per heavy atom. The van der Waals surface area contributed by atoms with E-state index in [0.29, 0.717) is 24.6 Å². The number of nitrogens with one attached hydrogen (secondary N) is 1. The van der Waals surface area contributed by atoms with E-state index in [2.05, 4.69) is 26.2 Å². The van der Waals surface area contributed by atoms with Crippen LogP contribution in [0.5, 0.6) is 0 Å². The normalized spacial score (nSPS) is 11.0. The minimum absolute atomic E-state index is 0.00221. The van der Waals surface area contributed by atoms with E-state index in [1.165, 1.54) is 0 Å². The lowest BCUT2D eigenvalue weighted by molar-refractivity contribution is -0.130. The molecule has 2 amide bonds. The van der Waals surface area contributed by atoms with E-state index in [1.807, 2.05) is 13.8 Å². The third-order valence-electron chi connectivity index (χ3n) is 2.98. The first-order valence-electron chi connectivity index (χ1n) is 7.59. The predicted octanol–water partition coefficient (Wildman–Crippen LogP) is 3.60. The number of hydrogen-bond acceptors (Lipinski definition) is 4. The molecule has 7 heteroatoms. The van der Waals surface area contributed by atoms with Gasteiger partial charge in [0.15, 0.2) is 0 Å². The lowest BCUT2D eigenvalue weighted by Crippen LogP contribution is -2.32. The molecule has 1 aromatic heterocycles. The molecule has 1 aromatic rings. The summed E-state index contributed by atoms with van der Waals surface area (Å²) in [6.07, 6.45) is -0.403. The molecule has 0 bridgehead atoms. The van der Waals surface area contributed by atoms with Gasteiger partial charge in [-0.2, -0.15) is 0 Å². The number of anilines is 1. The highest BCUT2D eigenvalue weighted by atomic mass is 79.9. The molecule has 0 atom stereocenters. The summed E-state index contributed by atoms with van der Waals surface area (Å²) < 4.78 is 5.92. The van der Waals surface area contributed by atoms with Crippen LogP contribution in [0.4, 0.5) is 10.6 Å². The number of likely N-dealkylation sites (N-methyl/N-ethyl adjacent to an activating group) is 1. The second kappa shape index (κ2) is 8.29. The average molecular weight is 386 g/mol. The van der Waals surface area contributed by atoms with Gasteiger partial charge in [-0.3, -0.25) is 10.1 Å². The van der Waals surface area contributed by atoms with Crippen LogP contribution in [0.1, 0.15) is 40.3 Å². The third kappa shape index (κ3) is 6.56. The summed E-state index contributed by atoms with van der Waals surface area (Å²) in [5.74, 6) is 0.349. The molecule has 6 nitrogen and oxygen atoms in total. The molecular formula is C16H24BrN3O3. The maximum atomic E-state index is 12.2. The molecule has 0 spiro atoms. The Bertz CT molecular complexity index is 566. The minimum atomic E-state index is -0.582. The molecule has 0 aliphatic rings. The first-order valence-corrected chi connectivity index (χ1v) is 8.38. The fraction of sp³-hybridized carbons (Fsp3) is 0.562. The molecule has 0 aromatic carbocycles. The molecule has 1 rings (SSSR count). The lowest BCUT2D eigenvalue weighted by atomic mass is 10.2. The van der Waals surface area contributed by atoms with E-state index in [0.717, 1.165) is 4.47 Å². The Balaban J connectivity index is 2.83. The van der Waals surface area contributed by atoms with Crippen LogP contribution in [0.2, 0.25) is 0 Å². The zero-order valence-corrected chi connectivity index (χ0v) is 15.9. The number of ether oxygens (including phenoxy) is 1. The zero-order chi connectivity index (χ0) is 17.6. The van der Waals surface area contributed by atoms with Crippen LogP contribution >= 0.6 is 15.9 Å². The van der Waals surface area contributed by atoms with Crippen LogP contribution in [0.3, 0.4) is 0 Å². The van der Waals surface area contributed by atoms with Crippen molar-refractivity contribution >= 4 is 33.7 Å². The predicted molar refractivity (Wildman–Crippen MR) is 93.4 cm³/mol. The smallest absolute Gasteiger partial charge is 0.413 e. The van der Waals surface area contributed by atoms with Gasteiger partial charge in [-0.05, 0) is 62.7 Å². The van der Waals surface area contributed by atoms with Gasteiger partial charge in [0.1, 0.15) is 11.4 Å². The van der Waals surface area contributed by atoms with E-state index in [1.54, 1.807) is 37.8 Å². The van der Waals surface area contributed by atoms with E-state index in [4.69, 9.17) is 4.74 Å². The number of halogens is 1. The van der Waals surface area contributed by atoms with Crippen LogP contribution in [0.15, 0.2) is 16.6 Å². The molecule has 0 radical (unpaired) electrons. The number of pyridine rings is 1. The van der Waals surface area contributed by atoms with Gasteiger partial charge in [-0.15, -0.1) is 0 Å². The number of carbonyl (C=O) groups is 2. The summed E-state index contributed by atoms with van der Waals surface area (Å²) in [5, 5.41) is 2.58. The first-order chi connectivity index (χ1) is 10.7. The van der Waals surface area contributed by atoms with Gasteiger partial charge in [-0.25, -0.2) is 9.78 Å². The first kappa shape index (κ1) is 19.4. The molecule has 0 saturated carbocycles. The molecule has 1 N–H and O–H groups in total. The van der Waals surface area contributed by atoms with Crippen molar-refractivity contribution in [2.45, 2.75) is 46.6 Å². The molecule has 23 heavy (non-hydrogen) atoms. The number of amides is 2. The summed E-state index contributed by atoms with van der Waals surface area (Å²) in [6.45, 7) is 10.5. The number of nitrogens with zero attached hydrogens (tertiary/aromatic N) is 2. The van der Waals surface area contributed by atoms with Crippen molar-refractivity contribution in [1.82, 2.24) is 9.88 Å². The van der Waals surface area contributed by atoms with Crippen LogP contribution in [-0.4, -0.2) is 40.6 Å². The van der Waals surface area contributed by atoms with Gasteiger partial charge >= 0.3 is 6.09 Å². The van der Waals surface area contributed by atoms with E-state index in [-0.39, 0.29) is 12.3 Å². The SMILES string of the molecule is CCN(CC)C(=O)Cc1nc(NC(=O)OC(C)(C)C)ccc1Br. The third-order valence-corrected chi connectivity index (χ3v) is 3.70. The second-order valence-corrected chi connectivity index (χ2v) is 6.85. The van der Waals surface area contributed by atoms with Crippen LogP contribution < -0.4 is 5.32 Å². The fourth-order valence-corrected chi connectivity index (χ4v) is 2.28. The highest BCUT2D eigenvalue weighted by Crippen LogP contribution is 2.19. The topological polar surface area (TPSA) is 71.5 Å². The monoisotopic (exact) mass is 385 g/mol. The highest BCUT2D eigenvalue weighted by Gasteiger charge is 2.18. The van der Waals surface area contributed by atoms with Gasteiger partial charge in [-0.1, -0.05) is 0 Å². The lowest BCUT2D eigenvalue weighted by Gasteiger charge is -2.20. The number of hydrogen-bond donors (Lipinski definition) is 1. The molecule has 0 fully saturated rings. The molecule has 128 valence electrons. The summed E-state index contributed by atoms with van der Waals surface area (Å²) in [6, 6.07) is 3.41. The van der Waals surface area contributed by atoms with Crippen molar-refractivity contribution < 1.29 is 14.3 Å². The van der Waals surface area contributed by atoms with Crippen LogP contribution in [-0.2, 0) is 16.0 Å². The zero-order valence-electron chi connectivity index (χ0n) is 14.3. The average Bonchev–Trinajstić information content (AvgIpc) is 2.41. The van der Waals surface area contributed by atoms with Crippen molar-refractivity contribution in [3.63, 3.8) is 0 Å². The van der Waals surface area contributed by atoms with Gasteiger partial charge in [0.05, 0.1) is 12.1 Å². The Labute approximate surface area is 145 Å². The molecule has 1 heterocycles. The Kier molecular flexibility index (Phi) is 7.00. The highest BCUT2D eigenvalue weighted by molar-refractivity contribution is 9.10. The Morgan fingerprint density at radius 2 is 1.87 bits per heavy atom. The molecule has 0 saturated heterocycles. The standard InChI is InChI=1S/C16H24BrN3O3/c1-6-20(7-2)14(21)10-12-11(17)8-9-13(18-12)19-15(22)23-16(3,4)5/h8-9H,6-7,10H2,1-5H3,(H,18,19,22). The molecular weight excluding hydrogens is 362 g/mol. The number of aromatic nitrogens is 1. The summed E-state index contributed by atoms with van der Waals surface area (Å²) in [5.41, 5.74) is -0.00322. The number of carbonyl (C=O) groups excluding carboxylic acids is 2.